The number of hydrogen-bond donors (Lipinski definition) is 1. The van der Waals surface area contributed by atoms with E-state index in [9.17, 15) is 0 Å². The van der Waals surface area contributed by atoms with Crippen LogP contribution in [-0.4, -0.2) is 0 Å². The highest BCUT2D eigenvalue weighted by molar-refractivity contribution is 5.53. The van der Waals surface area contributed by atoms with Crippen LogP contribution in [0, 0.1) is 11.8 Å². The molecular weight excluding hydrogens is 338 g/mol. The third kappa shape index (κ3) is 2.23. The van der Waals surface area contributed by atoms with Gasteiger partial charge in [-0.05, 0) is 55.4 Å². The summed E-state index contributed by atoms with van der Waals surface area (Å²) in [5.41, 5.74) is 7.38. The van der Waals surface area contributed by atoms with Crippen molar-refractivity contribution >= 4 is 0 Å². The first-order valence-corrected chi connectivity index (χ1v) is 11.7. The fourth-order valence-corrected chi connectivity index (χ4v) is 7.28. The summed E-state index contributed by atoms with van der Waals surface area (Å²) in [5.74, 6) is 1.83. The van der Waals surface area contributed by atoms with Crippen LogP contribution in [0.3, 0.4) is 0 Å². The van der Waals surface area contributed by atoms with Crippen LogP contribution >= 0.6 is 0 Å². The smallest absolute Gasteiger partial charge is 0.146 e. The second-order valence-corrected chi connectivity index (χ2v) is 10.6. The van der Waals surface area contributed by atoms with Gasteiger partial charge >= 0.3 is 0 Å². The van der Waals surface area contributed by atoms with E-state index in [1.54, 1.807) is 22.3 Å². The molecule has 4 aliphatic rings. The Balaban J connectivity index is 1.58. The average Bonchev–Trinajstić information content (AvgIpc) is 3.62. The Kier molecular flexibility index (Phi) is 3.53. The summed E-state index contributed by atoms with van der Waals surface area (Å²) >= 11 is 0. The highest BCUT2D eigenvalue weighted by Crippen LogP contribution is 2.65. The van der Waals surface area contributed by atoms with Crippen molar-refractivity contribution in [3.8, 4) is 0 Å². The van der Waals surface area contributed by atoms with E-state index in [0.29, 0.717) is 11.0 Å². The van der Waals surface area contributed by atoms with E-state index >= 15 is 0 Å². The van der Waals surface area contributed by atoms with E-state index in [-0.39, 0.29) is 5.54 Å². The Bertz CT molecular complexity index is 927. The fraction of sp³-hybridized carbons (Fsp3) is 0.556. The molecule has 0 saturated heterocycles. The van der Waals surface area contributed by atoms with Gasteiger partial charge in [-0.1, -0.05) is 68.3 Å². The molecule has 0 spiro atoms. The van der Waals surface area contributed by atoms with Crippen molar-refractivity contribution in [2.75, 3.05) is 0 Å². The Hall–Kier alpha value is -1.60. The molecule has 0 aromatic heterocycles. The van der Waals surface area contributed by atoms with E-state index in [0.717, 1.165) is 11.8 Å². The molecule has 2 aliphatic carbocycles. The van der Waals surface area contributed by atoms with Crippen molar-refractivity contribution < 1.29 is 5.32 Å². The fourth-order valence-electron chi connectivity index (χ4n) is 7.28. The van der Waals surface area contributed by atoms with E-state index in [2.05, 4.69) is 67.7 Å². The Morgan fingerprint density at radius 3 is 2.21 bits per heavy atom. The molecule has 2 aliphatic heterocycles. The van der Waals surface area contributed by atoms with Crippen molar-refractivity contribution in [2.24, 2.45) is 11.8 Å². The van der Waals surface area contributed by atoms with Crippen LogP contribution in [-0.2, 0) is 16.5 Å². The van der Waals surface area contributed by atoms with E-state index in [4.69, 9.17) is 0 Å². The zero-order chi connectivity index (χ0) is 19.0. The van der Waals surface area contributed by atoms with E-state index < -0.39 is 0 Å². The maximum absolute atomic E-state index is 2.82. The molecule has 2 fully saturated rings. The van der Waals surface area contributed by atoms with Crippen molar-refractivity contribution in [3.63, 3.8) is 0 Å². The molecule has 146 valence electrons. The Morgan fingerprint density at radius 2 is 1.54 bits per heavy atom. The van der Waals surface area contributed by atoms with Crippen molar-refractivity contribution in [1.82, 2.24) is 0 Å². The number of benzene rings is 2. The molecule has 6 rings (SSSR count). The number of nitrogens with two attached hydrogens (primary N) is 1. The third-order valence-corrected chi connectivity index (χ3v) is 8.78. The largest absolute Gasteiger partial charge is 0.325 e. The number of quaternary nitrogens is 1. The van der Waals surface area contributed by atoms with Crippen LogP contribution in [0.2, 0.25) is 0 Å². The second-order valence-electron chi connectivity index (χ2n) is 10.6. The first kappa shape index (κ1) is 17.3. The van der Waals surface area contributed by atoms with Gasteiger partial charge in [-0.15, -0.1) is 0 Å². The molecule has 2 saturated carbocycles. The SMILES string of the molecule is CCCC[C@@]12C[C@@H]1CC1(CC3CC3)[NH2+][C@@](C)(c3ccccc31)c1ccccc12. The summed E-state index contributed by atoms with van der Waals surface area (Å²) in [6, 6.07) is 19.0. The third-order valence-electron chi connectivity index (χ3n) is 8.78. The zero-order valence-corrected chi connectivity index (χ0v) is 17.5. The van der Waals surface area contributed by atoms with Crippen LogP contribution in [0.5, 0.6) is 0 Å². The lowest BCUT2D eigenvalue weighted by molar-refractivity contribution is -0.787. The van der Waals surface area contributed by atoms with Crippen molar-refractivity contribution in [3.05, 3.63) is 70.8 Å². The molecule has 2 aromatic rings. The summed E-state index contributed by atoms with van der Waals surface area (Å²) in [7, 11) is 0. The van der Waals surface area contributed by atoms with E-state index in [1.165, 1.54) is 51.4 Å². The number of hydrogen-bond acceptors (Lipinski definition) is 0. The maximum atomic E-state index is 2.82. The standard InChI is InChI=1S/C27H33N/c1-3-4-15-26-17-20(26)18-27(16-19-13-14-19)24-12-8-6-10-22(24)25(2,28-27)21-9-5-7-11-23(21)26/h5-12,19-20,28H,3-4,13-18H2,1-2H3/p+1/t20-,25-,26-,27?/m1/s1. The minimum atomic E-state index is 0.0643. The molecule has 2 bridgehead atoms. The molecule has 1 nitrogen and oxygen atoms in total. The van der Waals surface area contributed by atoms with Crippen LogP contribution in [0.15, 0.2) is 48.5 Å². The summed E-state index contributed by atoms with van der Waals surface area (Å²) in [6.07, 6.45) is 11.2. The number of rotatable bonds is 5. The van der Waals surface area contributed by atoms with Crippen LogP contribution < -0.4 is 5.32 Å². The quantitative estimate of drug-likeness (QED) is 0.726. The minimum absolute atomic E-state index is 0.0643. The summed E-state index contributed by atoms with van der Waals surface area (Å²) < 4.78 is 0. The van der Waals surface area contributed by atoms with Gasteiger partial charge in [-0.2, -0.15) is 0 Å². The maximum Gasteiger partial charge on any atom is 0.146 e. The molecule has 1 heteroatoms. The number of unbranched alkanes of at least 4 members (excludes halogenated alkanes) is 1. The molecule has 2 aromatic carbocycles. The highest BCUT2D eigenvalue weighted by atomic mass is 15.1. The first-order valence-electron chi connectivity index (χ1n) is 11.7. The molecule has 28 heavy (non-hydrogen) atoms. The lowest BCUT2D eigenvalue weighted by Gasteiger charge is -2.37. The summed E-state index contributed by atoms with van der Waals surface area (Å²) in [4.78, 5) is 0. The lowest BCUT2D eigenvalue weighted by atomic mass is 9.75. The van der Waals surface area contributed by atoms with Crippen molar-refractivity contribution in [1.29, 1.82) is 0 Å². The average molecular weight is 373 g/mol. The molecule has 0 radical (unpaired) electrons. The molecule has 4 atom stereocenters. The van der Waals surface area contributed by atoms with Gasteiger partial charge in [0.15, 0.2) is 0 Å². The van der Waals surface area contributed by atoms with Gasteiger partial charge < -0.3 is 5.32 Å². The van der Waals surface area contributed by atoms with E-state index in [1.807, 2.05) is 0 Å². The normalized spacial score (nSPS) is 37.4. The summed E-state index contributed by atoms with van der Waals surface area (Å²) in [6.45, 7) is 4.88. The monoisotopic (exact) mass is 372 g/mol. The van der Waals surface area contributed by atoms with Crippen LogP contribution in [0.25, 0.3) is 0 Å². The highest BCUT2D eigenvalue weighted by Gasteiger charge is 2.66. The van der Waals surface area contributed by atoms with Gasteiger partial charge in [0.1, 0.15) is 11.1 Å². The van der Waals surface area contributed by atoms with Gasteiger partial charge in [-0.3, -0.25) is 0 Å². The van der Waals surface area contributed by atoms with Crippen LogP contribution in [0.4, 0.5) is 0 Å². The topological polar surface area (TPSA) is 16.6 Å². The Morgan fingerprint density at radius 1 is 0.893 bits per heavy atom. The predicted octanol–water partition coefficient (Wildman–Crippen LogP) is 5.37. The van der Waals surface area contributed by atoms with Gasteiger partial charge in [0, 0.05) is 29.5 Å². The zero-order valence-electron chi connectivity index (χ0n) is 17.5. The molecule has 2 N–H and O–H groups in total. The van der Waals surface area contributed by atoms with Crippen molar-refractivity contribution in [2.45, 2.75) is 81.7 Å². The molecule has 0 amide bonds. The van der Waals surface area contributed by atoms with Gasteiger partial charge in [0.05, 0.1) is 0 Å². The molecular formula is C27H34N+. The first-order chi connectivity index (χ1) is 13.6. The molecule has 1 unspecified atom stereocenters. The predicted molar refractivity (Wildman–Crippen MR) is 114 cm³/mol. The Labute approximate surface area is 169 Å². The van der Waals surface area contributed by atoms with Gasteiger partial charge in [-0.25, -0.2) is 0 Å². The summed E-state index contributed by atoms with van der Waals surface area (Å²) in [5, 5.41) is 2.82. The number of fused-ring (bicyclic) bond motifs is 9. The second kappa shape index (κ2) is 5.72. The molecule has 2 heterocycles. The van der Waals surface area contributed by atoms with Gasteiger partial charge in [0.25, 0.3) is 0 Å². The lowest BCUT2D eigenvalue weighted by Crippen LogP contribution is -3.00. The van der Waals surface area contributed by atoms with Gasteiger partial charge in [0.2, 0.25) is 0 Å². The van der Waals surface area contributed by atoms with Crippen LogP contribution in [0.1, 0.15) is 87.5 Å². The minimum Gasteiger partial charge on any atom is -0.325 e.